The maximum atomic E-state index is 11.1. The second-order valence-corrected chi connectivity index (χ2v) is 5.02. The molecule has 1 atom stereocenters. The fourth-order valence-corrected chi connectivity index (χ4v) is 1.88. The molecule has 7 nitrogen and oxygen atoms in total. The largest absolute Gasteiger partial charge is 0.380 e. The van der Waals surface area contributed by atoms with Crippen LogP contribution in [0, 0.1) is 23.0 Å². The number of halogens is 1. The van der Waals surface area contributed by atoms with Crippen molar-refractivity contribution in [1.82, 2.24) is 9.97 Å². The fraction of sp³-hybridized carbons (Fsp3) is 0.667. The molecule has 112 valence electrons. The van der Waals surface area contributed by atoms with Gasteiger partial charge in [0.25, 0.3) is 0 Å². The molecule has 1 N–H and O–H groups in total. The molecular formula is C12H19ClN4O3. The van der Waals surface area contributed by atoms with Crippen LogP contribution in [0.2, 0.25) is 5.28 Å². The zero-order chi connectivity index (χ0) is 15.3. The van der Waals surface area contributed by atoms with E-state index in [2.05, 4.69) is 15.3 Å². The number of rotatable bonds is 7. The summed E-state index contributed by atoms with van der Waals surface area (Å²) in [7, 11) is 0. The average molecular weight is 303 g/mol. The Hall–Kier alpha value is -1.47. The Morgan fingerprint density at radius 1 is 1.45 bits per heavy atom. The van der Waals surface area contributed by atoms with E-state index in [9.17, 15) is 10.1 Å². The van der Waals surface area contributed by atoms with E-state index in [4.69, 9.17) is 16.3 Å². The van der Waals surface area contributed by atoms with E-state index in [1.165, 1.54) is 6.92 Å². The number of nitrogens with one attached hydrogen (secondary N) is 1. The number of hydrogen-bond acceptors (Lipinski definition) is 6. The Morgan fingerprint density at radius 3 is 2.60 bits per heavy atom. The summed E-state index contributed by atoms with van der Waals surface area (Å²) in [4.78, 5) is 18.4. The molecule has 0 aliphatic carbocycles. The van der Waals surface area contributed by atoms with Crippen LogP contribution in [-0.4, -0.2) is 34.1 Å². The fourth-order valence-electron chi connectivity index (χ4n) is 1.67. The Morgan fingerprint density at radius 2 is 2.10 bits per heavy atom. The first-order chi connectivity index (χ1) is 9.36. The van der Waals surface area contributed by atoms with Crippen molar-refractivity contribution >= 4 is 23.1 Å². The summed E-state index contributed by atoms with van der Waals surface area (Å²) in [6.07, 6.45) is 0. The van der Waals surface area contributed by atoms with Gasteiger partial charge in [-0.2, -0.15) is 4.98 Å². The van der Waals surface area contributed by atoms with E-state index in [1.807, 2.05) is 20.8 Å². The van der Waals surface area contributed by atoms with Gasteiger partial charge in [0.05, 0.1) is 17.6 Å². The number of hydrogen-bond donors (Lipinski definition) is 1. The van der Waals surface area contributed by atoms with Crippen LogP contribution in [0.3, 0.4) is 0 Å². The molecule has 0 bridgehead atoms. The van der Waals surface area contributed by atoms with Gasteiger partial charge in [-0.25, -0.2) is 4.98 Å². The first-order valence-electron chi connectivity index (χ1n) is 6.39. The molecule has 0 amide bonds. The zero-order valence-electron chi connectivity index (χ0n) is 12.0. The number of aryl methyl sites for hydroxylation is 1. The molecule has 1 unspecified atom stereocenters. The Labute approximate surface area is 122 Å². The lowest BCUT2D eigenvalue weighted by atomic mass is 10.1. The van der Waals surface area contributed by atoms with Crippen molar-refractivity contribution in [2.24, 2.45) is 5.92 Å². The standard InChI is InChI=1S/C12H19ClN4O3/c1-5-20-6-9(7(2)3)15-11-10(17(18)19)8(4)14-12(13)16-11/h7,9H,5-6H2,1-4H3,(H,14,15,16). The topological polar surface area (TPSA) is 90.2 Å². The highest BCUT2D eigenvalue weighted by molar-refractivity contribution is 6.28. The smallest absolute Gasteiger partial charge is 0.332 e. The molecular weight excluding hydrogens is 284 g/mol. The number of nitrogens with zero attached hydrogens (tertiary/aromatic N) is 3. The Kier molecular flexibility index (Phi) is 6.09. The van der Waals surface area contributed by atoms with Crippen LogP contribution in [0.1, 0.15) is 26.5 Å². The Balaban J connectivity index is 3.07. The van der Waals surface area contributed by atoms with E-state index in [0.717, 1.165) is 0 Å². The molecule has 0 spiro atoms. The maximum absolute atomic E-state index is 11.1. The minimum Gasteiger partial charge on any atom is -0.380 e. The first kappa shape index (κ1) is 16.6. The minimum absolute atomic E-state index is 0.0190. The van der Waals surface area contributed by atoms with Gasteiger partial charge >= 0.3 is 5.69 Å². The van der Waals surface area contributed by atoms with Gasteiger partial charge in [-0.15, -0.1) is 0 Å². The van der Waals surface area contributed by atoms with Crippen LogP contribution in [0.4, 0.5) is 11.5 Å². The molecule has 0 aliphatic rings. The lowest BCUT2D eigenvalue weighted by Crippen LogP contribution is -2.31. The molecule has 20 heavy (non-hydrogen) atoms. The predicted octanol–water partition coefficient (Wildman–Crippen LogP) is 2.82. The van der Waals surface area contributed by atoms with Crippen molar-refractivity contribution < 1.29 is 9.66 Å². The SMILES string of the molecule is CCOCC(Nc1nc(Cl)nc(C)c1[N+](=O)[O-])C(C)C. The highest BCUT2D eigenvalue weighted by Crippen LogP contribution is 2.27. The van der Waals surface area contributed by atoms with E-state index in [1.54, 1.807) is 0 Å². The minimum atomic E-state index is -0.508. The third-order valence-electron chi connectivity index (χ3n) is 2.84. The molecule has 1 heterocycles. The van der Waals surface area contributed by atoms with Gasteiger partial charge in [0, 0.05) is 6.61 Å². The summed E-state index contributed by atoms with van der Waals surface area (Å²) in [5.74, 6) is 0.348. The Bertz CT molecular complexity index is 482. The molecule has 0 saturated carbocycles. The average Bonchev–Trinajstić information content (AvgIpc) is 2.32. The van der Waals surface area contributed by atoms with Gasteiger partial charge in [-0.05, 0) is 31.4 Å². The molecule has 0 radical (unpaired) electrons. The lowest BCUT2D eigenvalue weighted by molar-refractivity contribution is -0.385. The summed E-state index contributed by atoms with van der Waals surface area (Å²) in [5, 5.41) is 14.2. The number of ether oxygens (including phenoxy) is 1. The quantitative estimate of drug-likeness (QED) is 0.473. The van der Waals surface area contributed by atoms with Crippen LogP contribution < -0.4 is 5.32 Å². The highest BCUT2D eigenvalue weighted by atomic mass is 35.5. The van der Waals surface area contributed by atoms with Crippen LogP contribution in [-0.2, 0) is 4.74 Å². The van der Waals surface area contributed by atoms with Crippen molar-refractivity contribution in [2.75, 3.05) is 18.5 Å². The summed E-state index contributed by atoms with van der Waals surface area (Å²) >= 11 is 5.78. The summed E-state index contributed by atoms with van der Waals surface area (Å²) in [5.41, 5.74) is 0.0768. The molecule has 1 rings (SSSR count). The van der Waals surface area contributed by atoms with Gasteiger partial charge in [0.2, 0.25) is 11.1 Å². The molecule has 1 aromatic rings. The zero-order valence-corrected chi connectivity index (χ0v) is 12.8. The third kappa shape index (κ3) is 4.28. The molecule has 0 fully saturated rings. The van der Waals surface area contributed by atoms with Gasteiger partial charge in [-0.1, -0.05) is 13.8 Å². The third-order valence-corrected chi connectivity index (χ3v) is 3.01. The molecule has 1 aromatic heterocycles. The van der Waals surface area contributed by atoms with E-state index < -0.39 is 4.92 Å². The van der Waals surface area contributed by atoms with Crippen molar-refractivity contribution in [3.05, 3.63) is 21.1 Å². The van der Waals surface area contributed by atoms with Crippen LogP contribution in [0.25, 0.3) is 0 Å². The predicted molar refractivity (Wildman–Crippen MR) is 77.2 cm³/mol. The second kappa shape index (κ2) is 7.35. The van der Waals surface area contributed by atoms with Crippen molar-refractivity contribution in [1.29, 1.82) is 0 Å². The highest BCUT2D eigenvalue weighted by Gasteiger charge is 2.25. The first-order valence-corrected chi connectivity index (χ1v) is 6.77. The van der Waals surface area contributed by atoms with E-state index in [0.29, 0.717) is 13.2 Å². The van der Waals surface area contributed by atoms with E-state index in [-0.39, 0.29) is 34.4 Å². The van der Waals surface area contributed by atoms with Crippen LogP contribution in [0.5, 0.6) is 0 Å². The van der Waals surface area contributed by atoms with Crippen LogP contribution in [0.15, 0.2) is 0 Å². The second-order valence-electron chi connectivity index (χ2n) is 4.69. The number of aromatic nitrogens is 2. The lowest BCUT2D eigenvalue weighted by Gasteiger charge is -2.22. The van der Waals surface area contributed by atoms with Gasteiger partial charge in [0.1, 0.15) is 5.69 Å². The molecule has 8 heteroatoms. The van der Waals surface area contributed by atoms with Crippen molar-refractivity contribution in [3.8, 4) is 0 Å². The van der Waals surface area contributed by atoms with E-state index >= 15 is 0 Å². The summed E-state index contributed by atoms with van der Waals surface area (Å²) in [6.45, 7) is 8.44. The van der Waals surface area contributed by atoms with Crippen LogP contribution >= 0.6 is 11.6 Å². The normalized spacial score (nSPS) is 12.5. The number of anilines is 1. The monoisotopic (exact) mass is 302 g/mol. The summed E-state index contributed by atoms with van der Waals surface area (Å²) < 4.78 is 5.38. The molecule has 0 aromatic carbocycles. The summed E-state index contributed by atoms with van der Waals surface area (Å²) in [6, 6.07) is -0.0981. The molecule has 0 aliphatic heterocycles. The maximum Gasteiger partial charge on any atom is 0.332 e. The molecule has 0 saturated heterocycles. The van der Waals surface area contributed by atoms with Gasteiger partial charge < -0.3 is 10.1 Å². The van der Waals surface area contributed by atoms with Crippen molar-refractivity contribution in [2.45, 2.75) is 33.7 Å². The van der Waals surface area contributed by atoms with Crippen molar-refractivity contribution in [3.63, 3.8) is 0 Å². The van der Waals surface area contributed by atoms with Gasteiger partial charge in [0.15, 0.2) is 0 Å². The van der Waals surface area contributed by atoms with Gasteiger partial charge in [-0.3, -0.25) is 10.1 Å². The number of nitro groups is 1.